The summed E-state index contributed by atoms with van der Waals surface area (Å²) in [6.07, 6.45) is -16.2. The number of carbonyl (C=O) groups is 2. The van der Waals surface area contributed by atoms with Crippen LogP contribution in [0.1, 0.15) is 0 Å². The van der Waals surface area contributed by atoms with Gasteiger partial charge in [0.2, 0.25) is 0 Å². The number of aliphatic hydroxyl groups excluding tert-OH is 10. The van der Waals surface area contributed by atoms with E-state index < -0.39 is 74.0 Å². The molecule has 0 spiro atoms. The Kier molecular flexibility index (Phi) is 23.5. The largest absolute Gasteiger partial charge is 1.00 e. The number of rotatable bonds is 10. The molecule has 0 aliphatic rings. The molecular weight excluding hydrogens is 414 g/mol. The fourth-order valence-corrected chi connectivity index (χ4v) is 1.32. The van der Waals surface area contributed by atoms with Crippen LogP contribution in [-0.4, -0.2) is 125 Å². The number of carboxylic acids is 2. The Bertz CT molecular complexity index is 389. The summed E-state index contributed by atoms with van der Waals surface area (Å²) in [6, 6.07) is 0. The van der Waals surface area contributed by atoms with Crippen LogP contribution in [0.5, 0.6) is 0 Å². The average Bonchev–Trinajstić information content (AvgIpc) is 2.62. The topological polar surface area (TPSA) is 283 Å². The van der Waals surface area contributed by atoms with Crippen molar-refractivity contribution in [1.82, 2.24) is 0 Å². The molecule has 0 aliphatic carbocycles. The van der Waals surface area contributed by atoms with Crippen molar-refractivity contribution in [3.63, 3.8) is 0 Å². The zero-order valence-corrected chi connectivity index (χ0v) is 19.1. The molecule has 8 atom stereocenters. The summed E-state index contributed by atoms with van der Waals surface area (Å²) in [5, 5.41) is 107. The van der Waals surface area contributed by atoms with Gasteiger partial charge in [-0.3, -0.25) is 0 Å². The summed E-state index contributed by atoms with van der Waals surface area (Å²) in [5.41, 5.74) is 0. The van der Waals surface area contributed by atoms with Gasteiger partial charge in [0.15, 0.2) is 0 Å². The molecule has 0 bridgehead atoms. The second kappa shape index (κ2) is 18.3. The molecule has 0 saturated carbocycles. The molecule has 8 unspecified atom stereocenters. The van der Waals surface area contributed by atoms with E-state index in [1.807, 2.05) is 0 Å². The Balaban J connectivity index is -0.000000192. The Labute approximate surface area is 202 Å². The monoisotopic (exact) mass is 436 g/mol. The number of carbonyl (C=O) groups excluding carboxylic acids is 2. The fraction of sp³-hybridized carbons (Fsp3) is 0.833. The molecule has 10 N–H and O–H groups in total. The van der Waals surface area contributed by atoms with Crippen molar-refractivity contribution in [2.45, 2.75) is 48.8 Å². The van der Waals surface area contributed by atoms with E-state index in [4.69, 9.17) is 51.1 Å². The molecule has 156 valence electrons. The van der Waals surface area contributed by atoms with Crippen molar-refractivity contribution in [2.75, 3.05) is 13.2 Å². The van der Waals surface area contributed by atoms with Crippen molar-refractivity contribution >= 4 is 11.9 Å². The zero-order valence-electron chi connectivity index (χ0n) is 15.1. The molecule has 0 heterocycles. The molecule has 0 amide bonds. The van der Waals surface area contributed by atoms with Crippen LogP contribution in [-0.2, 0) is 9.59 Å². The minimum absolute atomic E-state index is 0. The first-order valence-electron chi connectivity index (χ1n) is 6.91. The molecule has 0 rings (SSSR count). The standard InChI is InChI=1S/2C6H12O7.2Na/c2*7-1-2(8)3(9)4(10)5(11)6(12)13;;/h2*2-5,7-11H,1H2,(H,12,13);;/q;;2*+1/p-2. The quantitative estimate of drug-likeness (QED) is 0.142. The molecule has 16 heteroatoms. The van der Waals surface area contributed by atoms with E-state index >= 15 is 0 Å². The first kappa shape index (κ1) is 35.9. The van der Waals surface area contributed by atoms with Crippen LogP contribution < -0.4 is 69.3 Å². The van der Waals surface area contributed by atoms with E-state index in [0.717, 1.165) is 0 Å². The third-order valence-corrected chi connectivity index (χ3v) is 2.99. The number of aliphatic hydroxyl groups is 10. The van der Waals surface area contributed by atoms with Gasteiger partial charge in [-0.05, 0) is 0 Å². The predicted molar refractivity (Wildman–Crippen MR) is 72.2 cm³/mol. The summed E-state index contributed by atoms with van der Waals surface area (Å²) in [6.45, 7) is -1.73. The van der Waals surface area contributed by atoms with Crippen molar-refractivity contribution in [3.05, 3.63) is 0 Å². The van der Waals surface area contributed by atoms with Gasteiger partial charge in [-0.1, -0.05) is 0 Å². The summed E-state index contributed by atoms with van der Waals surface area (Å²) in [4.78, 5) is 20.0. The summed E-state index contributed by atoms with van der Waals surface area (Å²) in [7, 11) is 0. The van der Waals surface area contributed by atoms with Crippen molar-refractivity contribution < 1.29 is 130 Å². The average molecular weight is 436 g/mol. The van der Waals surface area contributed by atoms with Crippen LogP contribution in [0, 0.1) is 0 Å². The van der Waals surface area contributed by atoms with Gasteiger partial charge in [0, 0.05) is 0 Å². The Morgan fingerprint density at radius 2 is 0.786 bits per heavy atom. The number of hydrogen-bond acceptors (Lipinski definition) is 14. The molecule has 0 aromatic carbocycles. The Morgan fingerprint density at radius 1 is 0.571 bits per heavy atom. The fourth-order valence-electron chi connectivity index (χ4n) is 1.32. The van der Waals surface area contributed by atoms with Crippen LogP contribution in [0.4, 0.5) is 0 Å². The van der Waals surface area contributed by atoms with E-state index in [9.17, 15) is 19.8 Å². The van der Waals surface area contributed by atoms with Gasteiger partial charge in [0.25, 0.3) is 0 Å². The van der Waals surface area contributed by atoms with Gasteiger partial charge >= 0.3 is 59.1 Å². The first-order valence-corrected chi connectivity index (χ1v) is 6.91. The van der Waals surface area contributed by atoms with Gasteiger partial charge in [0.1, 0.15) is 48.8 Å². The van der Waals surface area contributed by atoms with E-state index in [-0.39, 0.29) is 59.1 Å². The summed E-state index contributed by atoms with van der Waals surface area (Å²) >= 11 is 0. The maximum atomic E-state index is 9.98. The van der Waals surface area contributed by atoms with E-state index in [0.29, 0.717) is 0 Å². The Morgan fingerprint density at radius 3 is 0.929 bits per heavy atom. The normalized spacial score (nSPS) is 18.9. The zero-order chi connectivity index (χ0) is 21.2. The molecule has 0 aromatic rings. The maximum Gasteiger partial charge on any atom is 1.00 e. The maximum absolute atomic E-state index is 9.98. The van der Waals surface area contributed by atoms with E-state index in [2.05, 4.69) is 0 Å². The molecule has 14 nitrogen and oxygen atoms in total. The predicted octanol–water partition coefficient (Wildman–Crippen LogP) is -15.6. The third-order valence-electron chi connectivity index (χ3n) is 2.99. The summed E-state index contributed by atoms with van der Waals surface area (Å²) < 4.78 is 0. The van der Waals surface area contributed by atoms with Crippen LogP contribution >= 0.6 is 0 Å². The van der Waals surface area contributed by atoms with Crippen LogP contribution in [0.15, 0.2) is 0 Å². The molecule has 0 aromatic heterocycles. The SMILES string of the molecule is O=C([O-])C(O)C(O)C(O)C(O)CO.O=C([O-])C(O)C(O)C(O)C(O)CO.[Na+].[Na+]. The molecule has 28 heavy (non-hydrogen) atoms. The second-order valence-corrected chi connectivity index (χ2v) is 4.99. The number of aliphatic carboxylic acids is 2. The van der Waals surface area contributed by atoms with Crippen molar-refractivity contribution in [2.24, 2.45) is 0 Å². The molecule has 0 saturated heterocycles. The Hall–Kier alpha value is 0.540. The van der Waals surface area contributed by atoms with Gasteiger partial charge in [-0.15, -0.1) is 0 Å². The van der Waals surface area contributed by atoms with Gasteiger partial charge < -0.3 is 70.9 Å². The number of carboxylic acid groups (broad SMARTS) is 2. The molecular formula is C12H22Na2O14. The third kappa shape index (κ3) is 13.0. The molecule has 0 fully saturated rings. The molecule has 0 aliphatic heterocycles. The summed E-state index contributed by atoms with van der Waals surface area (Å²) in [5.74, 6) is -3.95. The second-order valence-electron chi connectivity index (χ2n) is 4.99. The smallest absolute Gasteiger partial charge is 0.547 e. The molecule has 0 radical (unpaired) electrons. The number of hydrogen-bond donors (Lipinski definition) is 10. The minimum atomic E-state index is -2.31. The minimum Gasteiger partial charge on any atom is -0.547 e. The van der Waals surface area contributed by atoms with Gasteiger partial charge in [0.05, 0.1) is 25.2 Å². The van der Waals surface area contributed by atoms with Crippen LogP contribution in [0.25, 0.3) is 0 Å². The van der Waals surface area contributed by atoms with Gasteiger partial charge in [-0.2, -0.15) is 0 Å². The van der Waals surface area contributed by atoms with Crippen LogP contribution in [0.2, 0.25) is 0 Å². The van der Waals surface area contributed by atoms with Crippen molar-refractivity contribution in [1.29, 1.82) is 0 Å². The van der Waals surface area contributed by atoms with E-state index in [1.54, 1.807) is 0 Å². The van der Waals surface area contributed by atoms with E-state index in [1.165, 1.54) is 0 Å². The van der Waals surface area contributed by atoms with Crippen LogP contribution in [0.3, 0.4) is 0 Å². The van der Waals surface area contributed by atoms with Gasteiger partial charge in [-0.25, -0.2) is 0 Å². The van der Waals surface area contributed by atoms with Crippen molar-refractivity contribution in [3.8, 4) is 0 Å². The first-order chi connectivity index (χ1) is 11.8.